The monoisotopic (exact) mass is 429 g/mol. The maximum atomic E-state index is 13.5. The highest BCUT2D eigenvalue weighted by Crippen LogP contribution is 2.33. The molecule has 0 unspecified atom stereocenters. The van der Waals surface area contributed by atoms with Crippen LogP contribution >= 0.6 is 0 Å². The number of aromatic nitrogens is 5. The van der Waals surface area contributed by atoms with Crippen molar-refractivity contribution in [1.82, 2.24) is 24.6 Å². The summed E-state index contributed by atoms with van der Waals surface area (Å²) in [7, 11) is 0. The number of aryl methyl sites for hydroxylation is 1. The first kappa shape index (κ1) is 19.1. The van der Waals surface area contributed by atoms with Gasteiger partial charge in [0.25, 0.3) is 0 Å². The number of hydrogen-bond donors (Lipinski definition) is 0. The molecule has 0 radical (unpaired) electrons. The number of pyridine rings is 1. The zero-order chi connectivity index (χ0) is 22.4. The lowest BCUT2D eigenvalue weighted by Crippen LogP contribution is -2.10. The van der Waals surface area contributed by atoms with E-state index < -0.39 is 0 Å². The molecule has 0 aliphatic rings. The van der Waals surface area contributed by atoms with Crippen molar-refractivity contribution < 1.29 is 4.79 Å². The van der Waals surface area contributed by atoms with Gasteiger partial charge >= 0.3 is 0 Å². The van der Waals surface area contributed by atoms with E-state index in [0.717, 1.165) is 33.4 Å². The quantitative estimate of drug-likeness (QED) is 0.358. The van der Waals surface area contributed by atoms with Crippen molar-refractivity contribution in [2.75, 3.05) is 0 Å². The summed E-state index contributed by atoms with van der Waals surface area (Å²) in [4.78, 5) is 13.5. The van der Waals surface area contributed by atoms with E-state index in [4.69, 9.17) is 5.10 Å². The van der Waals surface area contributed by atoms with Gasteiger partial charge in [0.1, 0.15) is 22.4 Å². The second kappa shape index (κ2) is 7.53. The van der Waals surface area contributed by atoms with Crippen molar-refractivity contribution in [2.24, 2.45) is 0 Å². The third kappa shape index (κ3) is 3.03. The number of nitrogens with zero attached hydrogens (tertiary/aromatic N) is 5. The van der Waals surface area contributed by atoms with Gasteiger partial charge in [-0.25, -0.2) is 9.20 Å². The molecule has 3 heterocycles. The minimum absolute atomic E-state index is 0.112. The first-order chi connectivity index (χ1) is 16.2. The van der Waals surface area contributed by atoms with Gasteiger partial charge in [-0.1, -0.05) is 84.1 Å². The first-order valence-electron chi connectivity index (χ1n) is 10.7. The Kier molecular flexibility index (Phi) is 4.36. The van der Waals surface area contributed by atoms with Gasteiger partial charge in [-0.2, -0.15) is 5.10 Å². The molecule has 0 aliphatic heterocycles. The highest BCUT2D eigenvalue weighted by atomic mass is 16.1. The van der Waals surface area contributed by atoms with Crippen LogP contribution < -0.4 is 0 Å². The zero-order valence-corrected chi connectivity index (χ0v) is 17.9. The Morgan fingerprint density at radius 2 is 1.42 bits per heavy atom. The summed E-state index contributed by atoms with van der Waals surface area (Å²) in [5.74, 6) is -0.112. The van der Waals surface area contributed by atoms with E-state index in [9.17, 15) is 4.79 Å². The second-order valence-electron chi connectivity index (χ2n) is 7.88. The molecule has 0 aliphatic carbocycles. The van der Waals surface area contributed by atoms with E-state index in [1.54, 1.807) is 4.52 Å². The third-order valence-corrected chi connectivity index (χ3v) is 5.83. The highest BCUT2D eigenvalue weighted by molar-refractivity contribution is 6.12. The van der Waals surface area contributed by atoms with Gasteiger partial charge in [0, 0.05) is 16.5 Å². The molecule has 0 saturated heterocycles. The van der Waals surface area contributed by atoms with E-state index in [1.807, 2.05) is 109 Å². The number of rotatable bonds is 4. The molecule has 0 saturated carbocycles. The van der Waals surface area contributed by atoms with Crippen molar-refractivity contribution in [3.63, 3.8) is 0 Å². The van der Waals surface area contributed by atoms with Gasteiger partial charge in [0.2, 0.25) is 5.78 Å². The number of para-hydroxylation sites is 1. The van der Waals surface area contributed by atoms with E-state index >= 15 is 0 Å². The number of carbonyl (C=O) groups excluding carboxylic acids is 1. The van der Waals surface area contributed by atoms with E-state index in [-0.39, 0.29) is 5.78 Å². The molecule has 6 heteroatoms. The molecule has 0 fully saturated rings. The Morgan fingerprint density at radius 3 is 2.12 bits per heavy atom. The summed E-state index contributed by atoms with van der Waals surface area (Å²) in [6.45, 7) is 1.96. The summed E-state index contributed by atoms with van der Waals surface area (Å²) in [5, 5.41) is 14.7. The standard InChI is InChI=1S/C27H19N5O/c1-18-22-17-23(27(33)20-13-7-3-8-14-20)32-26(24(28-30-32)19-11-5-2-6-12-19)25(22)31(29-18)21-15-9-4-10-16-21/h2-17H,1H3. The lowest BCUT2D eigenvalue weighted by atomic mass is 10.0. The SMILES string of the molecule is Cc1nn(-c2ccccc2)c2c1cc(C(=O)c1ccccc1)n1nnc(-c3ccccc3)c21. The average Bonchev–Trinajstić information content (AvgIpc) is 3.46. The van der Waals surface area contributed by atoms with Crippen LogP contribution in [0.3, 0.4) is 0 Å². The molecular weight excluding hydrogens is 410 g/mol. The Labute approximate surface area is 189 Å². The molecule has 6 rings (SSSR count). The van der Waals surface area contributed by atoms with Crippen LogP contribution in [0.5, 0.6) is 0 Å². The molecule has 0 spiro atoms. The predicted molar refractivity (Wildman–Crippen MR) is 128 cm³/mol. The Balaban J connectivity index is 1.74. The van der Waals surface area contributed by atoms with Crippen molar-refractivity contribution in [1.29, 1.82) is 0 Å². The molecule has 3 aromatic heterocycles. The fraction of sp³-hybridized carbons (Fsp3) is 0.0370. The van der Waals surface area contributed by atoms with Crippen LogP contribution in [-0.2, 0) is 0 Å². The van der Waals surface area contributed by atoms with Gasteiger partial charge in [-0.05, 0) is 25.1 Å². The number of carbonyl (C=O) groups is 1. The molecule has 0 N–H and O–H groups in total. The average molecular weight is 429 g/mol. The fourth-order valence-corrected chi connectivity index (χ4v) is 4.25. The zero-order valence-electron chi connectivity index (χ0n) is 17.9. The van der Waals surface area contributed by atoms with Crippen molar-refractivity contribution in [3.8, 4) is 16.9 Å². The molecule has 0 bridgehead atoms. The summed E-state index contributed by atoms with van der Waals surface area (Å²) >= 11 is 0. The topological polar surface area (TPSA) is 65.1 Å². The molecule has 158 valence electrons. The van der Waals surface area contributed by atoms with Gasteiger partial charge in [0.05, 0.1) is 11.4 Å². The molecule has 33 heavy (non-hydrogen) atoms. The van der Waals surface area contributed by atoms with Crippen molar-refractivity contribution in [2.45, 2.75) is 6.92 Å². The Hall–Kier alpha value is -4.58. The number of hydrogen-bond acceptors (Lipinski definition) is 4. The van der Waals surface area contributed by atoms with Crippen molar-refractivity contribution in [3.05, 3.63) is 114 Å². The van der Waals surface area contributed by atoms with Crippen LogP contribution in [0.2, 0.25) is 0 Å². The molecular formula is C27H19N5O. The van der Waals surface area contributed by atoms with Crippen molar-refractivity contribution >= 4 is 22.2 Å². The van der Waals surface area contributed by atoms with Gasteiger partial charge < -0.3 is 0 Å². The molecule has 3 aromatic carbocycles. The third-order valence-electron chi connectivity index (χ3n) is 5.83. The second-order valence-corrected chi connectivity index (χ2v) is 7.88. The number of benzene rings is 3. The lowest BCUT2D eigenvalue weighted by molar-refractivity contribution is 0.103. The summed E-state index contributed by atoms with van der Waals surface area (Å²) in [5.41, 5.74) is 6.07. The van der Waals surface area contributed by atoms with Gasteiger partial charge in [0.15, 0.2) is 0 Å². The Morgan fingerprint density at radius 1 is 0.788 bits per heavy atom. The van der Waals surface area contributed by atoms with Crippen LogP contribution in [0.25, 0.3) is 33.4 Å². The maximum absolute atomic E-state index is 13.5. The smallest absolute Gasteiger partial charge is 0.211 e. The maximum Gasteiger partial charge on any atom is 0.211 e. The molecule has 6 nitrogen and oxygen atoms in total. The highest BCUT2D eigenvalue weighted by Gasteiger charge is 2.24. The minimum atomic E-state index is -0.112. The summed E-state index contributed by atoms with van der Waals surface area (Å²) < 4.78 is 3.56. The van der Waals surface area contributed by atoms with Crippen LogP contribution in [0, 0.1) is 6.92 Å². The van der Waals surface area contributed by atoms with E-state index in [1.165, 1.54) is 0 Å². The van der Waals surface area contributed by atoms with Gasteiger partial charge in [-0.3, -0.25) is 4.79 Å². The van der Waals surface area contributed by atoms with Crippen LogP contribution in [0.15, 0.2) is 97.1 Å². The molecule has 0 amide bonds. The van der Waals surface area contributed by atoms with Crippen LogP contribution in [0.4, 0.5) is 0 Å². The largest absolute Gasteiger partial charge is 0.287 e. The van der Waals surface area contributed by atoms with E-state index in [0.29, 0.717) is 17.0 Å². The van der Waals surface area contributed by atoms with Crippen LogP contribution in [0.1, 0.15) is 21.7 Å². The number of ketones is 1. The van der Waals surface area contributed by atoms with Crippen LogP contribution in [-0.4, -0.2) is 30.4 Å². The fourth-order valence-electron chi connectivity index (χ4n) is 4.25. The number of fused-ring (bicyclic) bond motifs is 3. The lowest BCUT2D eigenvalue weighted by Gasteiger charge is -2.09. The van der Waals surface area contributed by atoms with E-state index in [2.05, 4.69) is 10.3 Å². The molecule has 6 aromatic rings. The van der Waals surface area contributed by atoms with Gasteiger partial charge in [-0.15, -0.1) is 5.10 Å². The molecule has 0 atom stereocenters. The Bertz CT molecular complexity index is 1620. The minimum Gasteiger partial charge on any atom is -0.287 e. The normalized spacial score (nSPS) is 11.3. The predicted octanol–water partition coefficient (Wildman–Crippen LogP) is 5.27. The first-order valence-corrected chi connectivity index (χ1v) is 10.7. The summed E-state index contributed by atoms with van der Waals surface area (Å²) in [6, 6.07) is 31.0. The summed E-state index contributed by atoms with van der Waals surface area (Å²) in [6.07, 6.45) is 0.